The van der Waals surface area contributed by atoms with E-state index in [9.17, 15) is 4.79 Å². The van der Waals surface area contributed by atoms with E-state index in [2.05, 4.69) is 20.8 Å². The molecule has 0 atom stereocenters. The molecule has 1 aromatic carbocycles. The van der Waals surface area contributed by atoms with E-state index in [1.54, 1.807) is 19.1 Å². The van der Waals surface area contributed by atoms with E-state index in [4.69, 9.17) is 4.52 Å². The molecule has 0 unspecified atom stereocenters. The van der Waals surface area contributed by atoms with Crippen LogP contribution in [0.25, 0.3) is 0 Å². The Labute approximate surface area is 117 Å². The Bertz CT molecular complexity index is 563. The van der Waals surface area contributed by atoms with E-state index in [1.807, 2.05) is 19.1 Å². The van der Waals surface area contributed by atoms with Crippen molar-refractivity contribution >= 4 is 11.6 Å². The molecule has 0 spiro atoms. The van der Waals surface area contributed by atoms with Crippen molar-refractivity contribution in [2.45, 2.75) is 20.3 Å². The smallest absolute Gasteiger partial charge is 0.251 e. The van der Waals surface area contributed by atoms with Gasteiger partial charge in [0.05, 0.1) is 0 Å². The molecular weight excluding hydrogens is 256 g/mol. The maximum Gasteiger partial charge on any atom is 0.251 e. The van der Waals surface area contributed by atoms with Crippen LogP contribution in [-0.2, 0) is 6.42 Å². The molecule has 0 aliphatic heterocycles. The summed E-state index contributed by atoms with van der Waals surface area (Å²) < 4.78 is 4.86. The Hall–Kier alpha value is -2.37. The number of nitrogens with zero attached hydrogens (tertiary/aromatic N) is 2. The fraction of sp³-hybridized carbons (Fsp3) is 0.357. The van der Waals surface area contributed by atoms with Gasteiger partial charge >= 0.3 is 0 Å². The maximum absolute atomic E-state index is 11.9. The quantitative estimate of drug-likeness (QED) is 0.839. The summed E-state index contributed by atoms with van der Waals surface area (Å²) >= 11 is 0. The van der Waals surface area contributed by atoms with Crippen molar-refractivity contribution in [1.29, 1.82) is 0 Å². The molecular formula is C14H18N4O2. The number of carbonyl (C=O) groups excluding carboxylic acids is 1. The fourth-order valence-electron chi connectivity index (χ4n) is 1.78. The topological polar surface area (TPSA) is 80.0 Å². The van der Waals surface area contributed by atoms with Crippen LogP contribution >= 0.6 is 0 Å². The normalized spacial score (nSPS) is 10.3. The van der Waals surface area contributed by atoms with Crippen molar-refractivity contribution in [3.63, 3.8) is 0 Å². The van der Waals surface area contributed by atoms with Crippen LogP contribution in [0.15, 0.2) is 28.8 Å². The molecule has 6 nitrogen and oxygen atoms in total. The van der Waals surface area contributed by atoms with Crippen LogP contribution in [0.3, 0.4) is 0 Å². The van der Waals surface area contributed by atoms with E-state index in [0.29, 0.717) is 30.2 Å². The molecule has 0 bridgehead atoms. The summed E-state index contributed by atoms with van der Waals surface area (Å²) in [5.41, 5.74) is 1.64. The summed E-state index contributed by atoms with van der Waals surface area (Å²) in [4.78, 5) is 16.0. The average Bonchev–Trinajstić information content (AvgIpc) is 2.85. The van der Waals surface area contributed by atoms with Gasteiger partial charge in [0.1, 0.15) is 0 Å². The Morgan fingerprint density at radius 3 is 2.65 bits per heavy atom. The number of nitrogens with one attached hydrogen (secondary N) is 2. The summed E-state index contributed by atoms with van der Waals surface area (Å²) in [6.45, 7) is 5.10. The Balaban J connectivity index is 1.82. The molecule has 1 heterocycles. The van der Waals surface area contributed by atoms with Crippen LogP contribution in [0.5, 0.6) is 0 Å². The largest absolute Gasteiger partial charge is 0.385 e. The second-order valence-corrected chi connectivity index (χ2v) is 4.34. The molecule has 6 heteroatoms. The SMILES string of the molecule is CCNc1ccc(C(=O)NCCc2noc(C)n2)cc1. The second kappa shape index (κ2) is 6.70. The molecule has 2 rings (SSSR count). The van der Waals surface area contributed by atoms with Crippen molar-refractivity contribution in [3.8, 4) is 0 Å². The van der Waals surface area contributed by atoms with Gasteiger partial charge in [-0.1, -0.05) is 5.16 Å². The number of carbonyl (C=O) groups is 1. The number of amides is 1. The minimum atomic E-state index is -0.103. The number of rotatable bonds is 6. The first-order valence-electron chi connectivity index (χ1n) is 6.60. The maximum atomic E-state index is 11.9. The molecule has 0 radical (unpaired) electrons. The van der Waals surface area contributed by atoms with Gasteiger partial charge in [-0.05, 0) is 31.2 Å². The van der Waals surface area contributed by atoms with Gasteiger partial charge in [-0.25, -0.2) is 0 Å². The van der Waals surface area contributed by atoms with Crippen molar-refractivity contribution in [3.05, 3.63) is 41.5 Å². The summed E-state index contributed by atoms with van der Waals surface area (Å²) in [5.74, 6) is 1.03. The van der Waals surface area contributed by atoms with Gasteiger partial charge < -0.3 is 15.2 Å². The lowest BCUT2D eigenvalue weighted by molar-refractivity contribution is 0.0954. The molecule has 2 aromatic rings. The Kier molecular flexibility index (Phi) is 4.70. The van der Waals surface area contributed by atoms with Gasteiger partial charge in [0.25, 0.3) is 5.91 Å². The minimum Gasteiger partial charge on any atom is -0.385 e. The lowest BCUT2D eigenvalue weighted by Crippen LogP contribution is -2.25. The highest BCUT2D eigenvalue weighted by Crippen LogP contribution is 2.09. The highest BCUT2D eigenvalue weighted by molar-refractivity contribution is 5.94. The minimum absolute atomic E-state index is 0.103. The monoisotopic (exact) mass is 274 g/mol. The van der Waals surface area contributed by atoms with Gasteiger partial charge in [-0.3, -0.25) is 4.79 Å². The third kappa shape index (κ3) is 3.81. The first kappa shape index (κ1) is 14.0. The molecule has 1 aromatic heterocycles. The predicted octanol–water partition coefficient (Wildman–Crippen LogP) is 1.78. The summed E-state index contributed by atoms with van der Waals surface area (Å²) in [6, 6.07) is 7.37. The standard InChI is InChI=1S/C14H18N4O2/c1-3-15-12-6-4-11(5-7-12)14(19)16-9-8-13-17-10(2)20-18-13/h4-7,15H,3,8-9H2,1-2H3,(H,16,19). The molecule has 2 N–H and O–H groups in total. The number of hydrogen-bond acceptors (Lipinski definition) is 5. The van der Waals surface area contributed by atoms with Crippen LogP contribution in [0.1, 0.15) is 29.0 Å². The number of benzene rings is 1. The molecule has 0 aliphatic carbocycles. The molecule has 20 heavy (non-hydrogen) atoms. The van der Waals surface area contributed by atoms with Crippen LogP contribution in [0, 0.1) is 6.92 Å². The van der Waals surface area contributed by atoms with E-state index < -0.39 is 0 Å². The highest BCUT2D eigenvalue weighted by Gasteiger charge is 2.06. The van der Waals surface area contributed by atoms with E-state index in [0.717, 1.165) is 12.2 Å². The van der Waals surface area contributed by atoms with Crippen molar-refractivity contribution in [2.75, 3.05) is 18.4 Å². The van der Waals surface area contributed by atoms with Crippen molar-refractivity contribution < 1.29 is 9.32 Å². The van der Waals surface area contributed by atoms with Gasteiger partial charge in [-0.15, -0.1) is 0 Å². The number of hydrogen-bond donors (Lipinski definition) is 2. The zero-order chi connectivity index (χ0) is 14.4. The lowest BCUT2D eigenvalue weighted by atomic mass is 10.2. The van der Waals surface area contributed by atoms with Gasteiger partial charge in [0, 0.05) is 37.7 Å². The molecule has 1 amide bonds. The van der Waals surface area contributed by atoms with Crippen molar-refractivity contribution in [1.82, 2.24) is 15.5 Å². The third-order valence-electron chi connectivity index (χ3n) is 2.73. The molecule has 106 valence electrons. The summed E-state index contributed by atoms with van der Waals surface area (Å²) in [5, 5.41) is 9.78. The zero-order valence-electron chi connectivity index (χ0n) is 11.6. The highest BCUT2D eigenvalue weighted by atomic mass is 16.5. The number of aromatic nitrogens is 2. The fourth-order valence-corrected chi connectivity index (χ4v) is 1.78. The average molecular weight is 274 g/mol. The summed E-state index contributed by atoms with van der Waals surface area (Å²) in [6.07, 6.45) is 0.554. The van der Waals surface area contributed by atoms with Crippen LogP contribution < -0.4 is 10.6 Å². The first-order chi connectivity index (χ1) is 9.69. The van der Waals surface area contributed by atoms with Crippen LogP contribution in [-0.4, -0.2) is 29.1 Å². The number of aryl methyl sites for hydroxylation is 1. The van der Waals surface area contributed by atoms with Crippen LogP contribution in [0.2, 0.25) is 0 Å². The third-order valence-corrected chi connectivity index (χ3v) is 2.73. The second-order valence-electron chi connectivity index (χ2n) is 4.34. The van der Waals surface area contributed by atoms with Gasteiger partial charge in [-0.2, -0.15) is 4.98 Å². The van der Waals surface area contributed by atoms with E-state index in [-0.39, 0.29) is 5.91 Å². The van der Waals surface area contributed by atoms with E-state index in [1.165, 1.54) is 0 Å². The van der Waals surface area contributed by atoms with Gasteiger partial charge in [0.15, 0.2) is 5.82 Å². The van der Waals surface area contributed by atoms with Gasteiger partial charge in [0.2, 0.25) is 5.89 Å². The predicted molar refractivity (Wildman–Crippen MR) is 75.7 cm³/mol. The lowest BCUT2D eigenvalue weighted by Gasteiger charge is -2.06. The molecule has 0 saturated heterocycles. The molecule has 0 saturated carbocycles. The summed E-state index contributed by atoms with van der Waals surface area (Å²) in [7, 11) is 0. The molecule has 0 aliphatic rings. The van der Waals surface area contributed by atoms with E-state index >= 15 is 0 Å². The number of anilines is 1. The first-order valence-corrected chi connectivity index (χ1v) is 6.60. The molecule has 0 fully saturated rings. The Morgan fingerprint density at radius 1 is 1.30 bits per heavy atom. The zero-order valence-corrected chi connectivity index (χ0v) is 11.6. The van der Waals surface area contributed by atoms with Crippen molar-refractivity contribution in [2.24, 2.45) is 0 Å². The van der Waals surface area contributed by atoms with Crippen LogP contribution in [0.4, 0.5) is 5.69 Å². The Morgan fingerprint density at radius 2 is 2.05 bits per heavy atom.